The van der Waals surface area contributed by atoms with Crippen molar-refractivity contribution in [3.63, 3.8) is 0 Å². The van der Waals surface area contributed by atoms with E-state index in [-0.39, 0.29) is 0 Å². The van der Waals surface area contributed by atoms with Crippen LogP contribution in [0, 0.1) is 0 Å². The Bertz CT molecular complexity index is 3130. The standard InChI is InChI=1S/C56H46N4OSi/c1-40(2)48-27-12-13-28-49(48)41-35-36-57-56(37-41)59-53-31-16-14-29-50(53)51-34-33-47(39-55(51)59)62(44-22-8-4-9-23-44,45-24-10-5-11-25-45)46-26-18-21-43(38-46)60(61)54-32-17-15-30-52(54)58-42-19-6-3-7-20-42/h3-40,58,61H,1-2H3. The Morgan fingerprint density at radius 1 is 0.532 bits per heavy atom. The molecule has 6 heteroatoms. The molecule has 0 atom stereocenters. The lowest BCUT2D eigenvalue weighted by Gasteiger charge is -2.35. The molecule has 8 aromatic carbocycles. The lowest BCUT2D eigenvalue weighted by molar-refractivity contribution is 0.301. The topological polar surface area (TPSA) is 53.3 Å². The number of hydrogen-bond donors (Lipinski definition) is 2. The summed E-state index contributed by atoms with van der Waals surface area (Å²) in [5.41, 5.74) is 8.94. The molecule has 2 N–H and O–H groups in total. The molecule has 0 saturated carbocycles. The number of anilines is 4. The molecule has 0 bridgehead atoms. The quantitative estimate of drug-likeness (QED) is 0.0775. The van der Waals surface area contributed by atoms with Gasteiger partial charge in [0.05, 0.1) is 28.1 Å². The summed E-state index contributed by atoms with van der Waals surface area (Å²) >= 11 is 0. The number of nitrogens with one attached hydrogen (secondary N) is 1. The number of para-hydroxylation sites is 4. The van der Waals surface area contributed by atoms with Gasteiger partial charge in [0.25, 0.3) is 0 Å². The van der Waals surface area contributed by atoms with Crippen molar-refractivity contribution in [2.75, 3.05) is 10.4 Å². The summed E-state index contributed by atoms with van der Waals surface area (Å²) in [5, 5.41) is 24.2. The Labute approximate surface area is 363 Å². The summed E-state index contributed by atoms with van der Waals surface area (Å²) in [7, 11) is -3.11. The summed E-state index contributed by atoms with van der Waals surface area (Å²) in [6, 6.07) is 77.0. The van der Waals surface area contributed by atoms with Gasteiger partial charge in [-0.2, -0.15) is 0 Å². The maximum atomic E-state index is 12.2. The van der Waals surface area contributed by atoms with E-state index in [0.29, 0.717) is 17.3 Å². The first-order valence-corrected chi connectivity index (χ1v) is 23.2. The number of pyridine rings is 1. The minimum atomic E-state index is -3.11. The van der Waals surface area contributed by atoms with Gasteiger partial charge in [-0.15, -0.1) is 0 Å². The second kappa shape index (κ2) is 16.5. The van der Waals surface area contributed by atoms with Gasteiger partial charge < -0.3 is 5.32 Å². The van der Waals surface area contributed by atoms with Gasteiger partial charge in [-0.25, -0.2) is 10.0 Å². The molecule has 0 radical (unpaired) electrons. The molecule has 0 spiro atoms. The van der Waals surface area contributed by atoms with Crippen molar-refractivity contribution < 1.29 is 5.21 Å². The highest BCUT2D eigenvalue weighted by molar-refractivity contribution is 7.20. The van der Waals surface area contributed by atoms with E-state index in [1.807, 2.05) is 66.9 Å². The fourth-order valence-corrected chi connectivity index (χ4v) is 14.0. The Morgan fingerprint density at radius 3 is 1.90 bits per heavy atom. The number of nitrogens with zero attached hydrogens (tertiary/aromatic N) is 3. The molecule has 5 nitrogen and oxygen atoms in total. The lowest BCUT2D eigenvalue weighted by Crippen LogP contribution is -2.74. The zero-order valence-electron chi connectivity index (χ0n) is 34.7. The smallest absolute Gasteiger partial charge is 0.179 e. The minimum absolute atomic E-state index is 0.379. The van der Waals surface area contributed by atoms with Gasteiger partial charge in [-0.05, 0) is 104 Å². The van der Waals surface area contributed by atoms with Crippen molar-refractivity contribution in [1.29, 1.82) is 0 Å². The first-order valence-electron chi connectivity index (χ1n) is 21.2. The second-order valence-electron chi connectivity index (χ2n) is 16.1. The first kappa shape index (κ1) is 38.7. The summed E-state index contributed by atoms with van der Waals surface area (Å²) in [6.45, 7) is 4.50. The first-order chi connectivity index (χ1) is 30.5. The molecule has 62 heavy (non-hydrogen) atoms. The van der Waals surface area contributed by atoms with Gasteiger partial charge >= 0.3 is 0 Å². The summed E-state index contributed by atoms with van der Waals surface area (Å²) < 4.78 is 2.34. The highest BCUT2D eigenvalue weighted by Gasteiger charge is 2.42. The lowest BCUT2D eigenvalue weighted by atomic mass is 9.93. The summed E-state index contributed by atoms with van der Waals surface area (Å²) in [5.74, 6) is 1.25. The molecular weight excluding hydrogens is 773 g/mol. The van der Waals surface area contributed by atoms with Gasteiger partial charge in [0.1, 0.15) is 5.82 Å². The van der Waals surface area contributed by atoms with E-state index in [1.54, 1.807) is 0 Å². The van der Waals surface area contributed by atoms with Crippen molar-refractivity contribution >= 4 is 73.4 Å². The molecule has 300 valence electrons. The highest BCUT2D eigenvalue weighted by Crippen LogP contribution is 2.36. The van der Waals surface area contributed by atoms with E-state index >= 15 is 0 Å². The number of aromatic nitrogens is 2. The van der Waals surface area contributed by atoms with Crippen LogP contribution < -0.4 is 31.1 Å². The van der Waals surface area contributed by atoms with Crippen LogP contribution in [0.5, 0.6) is 0 Å². The third kappa shape index (κ3) is 6.85. The molecule has 10 aromatic rings. The van der Waals surface area contributed by atoms with Crippen molar-refractivity contribution in [2.45, 2.75) is 19.8 Å². The fraction of sp³-hybridized carbons (Fsp3) is 0.0536. The molecule has 0 fully saturated rings. The monoisotopic (exact) mass is 818 g/mol. The van der Waals surface area contributed by atoms with E-state index in [2.05, 4.69) is 181 Å². The molecule has 0 aliphatic rings. The average molecular weight is 819 g/mol. The molecule has 0 aliphatic carbocycles. The minimum Gasteiger partial charge on any atom is -0.354 e. The van der Waals surface area contributed by atoms with Crippen molar-refractivity contribution in [3.8, 4) is 16.9 Å². The second-order valence-corrected chi connectivity index (χ2v) is 19.9. The number of fused-ring (bicyclic) bond motifs is 3. The molecule has 0 amide bonds. The molecule has 0 unspecified atom stereocenters. The van der Waals surface area contributed by atoms with Gasteiger partial charge in [0.2, 0.25) is 0 Å². The van der Waals surface area contributed by atoms with Crippen LogP contribution in [0.15, 0.2) is 225 Å². The van der Waals surface area contributed by atoms with Crippen molar-refractivity contribution in [3.05, 3.63) is 230 Å². The van der Waals surface area contributed by atoms with E-state index in [0.717, 1.165) is 39.0 Å². The predicted molar refractivity (Wildman–Crippen MR) is 262 cm³/mol. The molecule has 10 rings (SSSR count). The van der Waals surface area contributed by atoms with Crippen LogP contribution in [0.4, 0.5) is 22.7 Å². The van der Waals surface area contributed by atoms with Crippen molar-refractivity contribution in [1.82, 2.24) is 9.55 Å². The largest absolute Gasteiger partial charge is 0.354 e. The maximum Gasteiger partial charge on any atom is 0.179 e. The SMILES string of the molecule is CC(C)c1ccccc1-c1ccnc(-n2c3ccccc3c3ccc([Si](c4ccccc4)(c4ccccc4)c4cccc(N(O)c5ccccc5Nc5ccccc5)c4)cc32)c1. The number of benzene rings is 8. The van der Waals surface area contributed by atoms with E-state index < -0.39 is 8.07 Å². The van der Waals surface area contributed by atoms with Crippen molar-refractivity contribution in [2.24, 2.45) is 0 Å². The number of rotatable bonds is 11. The van der Waals surface area contributed by atoms with Crippen LogP contribution in [0.3, 0.4) is 0 Å². The molecule has 2 heterocycles. The van der Waals surface area contributed by atoms with Crippen LogP contribution in [0.25, 0.3) is 38.8 Å². The normalized spacial score (nSPS) is 11.6. The Morgan fingerprint density at radius 2 is 1.15 bits per heavy atom. The Kier molecular flexibility index (Phi) is 10.3. The zero-order valence-corrected chi connectivity index (χ0v) is 35.7. The van der Waals surface area contributed by atoms with Gasteiger partial charge in [-0.1, -0.05) is 172 Å². The van der Waals surface area contributed by atoms with Crippen LogP contribution in [-0.4, -0.2) is 22.8 Å². The van der Waals surface area contributed by atoms with Gasteiger partial charge in [0, 0.05) is 22.7 Å². The van der Waals surface area contributed by atoms with Gasteiger partial charge in [0.15, 0.2) is 8.07 Å². The van der Waals surface area contributed by atoms with Crippen LogP contribution in [-0.2, 0) is 0 Å². The fourth-order valence-electron chi connectivity index (χ4n) is 9.25. The molecule has 0 saturated heterocycles. The average Bonchev–Trinajstić information content (AvgIpc) is 3.67. The van der Waals surface area contributed by atoms with E-state index in [4.69, 9.17) is 4.98 Å². The molecule has 2 aromatic heterocycles. The summed E-state index contributed by atoms with van der Waals surface area (Å²) in [6.07, 6.45) is 1.94. The van der Waals surface area contributed by atoms with E-state index in [9.17, 15) is 5.21 Å². The summed E-state index contributed by atoms with van der Waals surface area (Å²) in [4.78, 5) is 5.08. The molecule has 0 aliphatic heterocycles. The van der Waals surface area contributed by atoms with Crippen LogP contribution in [0.1, 0.15) is 25.3 Å². The predicted octanol–water partition coefficient (Wildman–Crippen LogP) is 11.6. The highest BCUT2D eigenvalue weighted by atomic mass is 28.3. The Hall–Kier alpha value is -7.51. The van der Waals surface area contributed by atoms with Crippen LogP contribution in [0.2, 0.25) is 0 Å². The van der Waals surface area contributed by atoms with Gasteiger partial charge in [-0.3, -0.25) is 9.77 Å². The third-order valence-corrected chi connectivity index (χ3v) is 16.9. The third-order valence-electron chi connectivity index (χ3n) is 12.1. The maximum absolute atomic E-state index is 12.2. The Balaban J connectivity index is 1.20. The van der Waals surface area contributed by atoms with E-state index in [1.165, 1.54) is 42.5 Å². The molecular formula is C56H46N4OSi. The van der Waals surface area contributed by atoms with Crippen LogP contribution >= 0.6 is 0 Å². The zero-order chi connectivity index (χ0) is 42.0. The number of hydrogen-bond acceptors (Lipinski definition) is 4.